The Morgan fingerprint density at radius 3 is 2.53 bits per heavy atom. The van der Waals surface area contributed by atoms with Crippen LogP contribution in [0.2, 0.25) is 0 Å². The van der Waals surface area contributed by atoms with E-state index in [0.717, 1.165) is 0 Å². The zero-order valence-corrected chi connectivity index (χ0v) is 10.5. The molecule has 0 unspecified atom stereocenters. The van der Waals surface area contributed by atoms with Gasteiger partial charge in [-0.2, -0.15) is 13.2 Å². The van der Waals surface area contributed by atoms with Crippen molar-refractivity contribution < 1.29 is 17.6 Å². The van der Waals surface area contributed by atoms with Crippen molar-refractivity contribution in [2.75, 3.05) is 6.54 Å². The molecule has 0 aromatic heterocycles. The lowest BCUT2D eigenvalue weighted by molar-refractivity contribution is -0.135. The highest BCUT2D eigenvalue weighted by molar-refractivity contribution is 9.10. The Hall–Kier alpha value is -0.620. The van der Waals surface area contributed by atoms with Crippen molar-refractivity contribution in [3.8, 4) is 0 Å². The second-order valence-corrected chi connectivity index (χ2v) is 4.50. The van der Waals surface area contributed by atoms with Crippen LogP contribution < -0.4 is 5.32 Å². The van der Waals surface area contributed by atoms with E-state index in [1.807, 2.05) is 0 Å². The third-order valence-electron chi connectivity index (χ3n) is 2.13. The highest BCUT2D eigenvalue weighted by atomic mass is 79.9. The van der Waals surface area contributed by atoms with Crippen LogP contribution in [0.25, 0.3) is 0 Å². The Bertz CT molecular complexity index is 365. The third-order valence-corrected chi connectivity index (χ3v) is 2.77. The maximum absolute atomic E-state index is 13.1. The summed E-state index contributed by atoms with van der Waals surface area (Å²) >= 11 is 3.02. The molecule has 0 heterocycles. The molecule has 0 aliphatic rings. The monoisotopic (exact) mass is 313 g/mol. The zero-order chi connectivity index (χ0) is 12.9. The molecule has 1 aromatic rings. The fourth-order valence-electron chi connectivity index (χ4n) is 1.30. The Balaban J connectivity index is 2.25. The molecule has 0 radical (unpaired) electrons. The van der Waals surface area contributed by atoms with Crippen LogP contribution in [0.3, 0.4) is 0 Å². The lowest BCUT2D eigenvalue weighted by atomic mass is 10.2. The van der Waals surface area contributed by atoms with Gasteiger partial charge in [0.2, 0.25) is 0 Å². The lowest BCUT2D eigenvalue weighted by Gasteiger charge is -2.07. The first-order chi connectivity index (χ1) is 7.88. The maximum Gasteiger partial charge on any atom is 0.389 e. The number of benzene rings is 1. The summed E-state index contributed by atoms with van der Waals surface area (Å²) < 4.78 is 48.9. The molecule has 6 heteroatoms. The van der Waals surface area contributed by atoms with E-state index in [1.165, 1.54) is 6.07 Å². The first-order valence-corrected chi connectivity index (χ1v) is 5.89. The molecule has 0 spiro atoms. The van der Waals surface area contributed by atoms with Crippen LogP contribution in [0.1, 0.15) is 18.4 Å². The van der Waals surface area contributed by atoms with Gasteiger partial charge in [-0.15, -0.1) is 0 Å². The van der Waals surface area contributed by atoms with Crippen LogP contribution in [0, 0.1) is 5.82 Å². The van der Waals surface area contributed by atoms with E-state index in [1.54, 1.807) is 12.1 Å². The standard InChI is InChI=1S/C11H12BrF4N/c12-9-3-2-8(6-10(9)13)7-17-5-1-4-11(14,15)16/h2-3,6,17H,1,4-5,7H2. The minimum absolute atomic E-state index is 0.0303. The first-order valence-electron chi connectivity index (χ1n) is 5.10. The van der Waals surface area contributed by atoms with Gasteiger partial charge in [0, 0.05) is 13.0 Å². The van der Waals surface area contributed by atoms with E-state index in [2.05, 4.69) is 21.2 Å². The average molecular weight is 314 g/mol. The van der Waals surface area contributed by atoms with Gasteiger partial charge in [-0.3, -0.25) is 0 Å². The second kappa shape index (κ2) is 6.35. The van der Waals surface area contributed by atoms with Crippen LogP contribution in [0.5, 0.6) is 0 Å². The topological polar surface area (TPSA) is 12.0 Å². The van der Waals surface area contributed by atoms with Crippen molar-refractivity contribution in [2.45, 2.75) is 25.6 Å². The second-order valence-electron chi connectivity index (χ2n) is 3.64. The molecule has 0 atom stereocenters. The molecular formula is C11H12BrF4N. The molecule has 96 valence electrons. The first kappa shape index (κ1) is 14.4. The summed E-state index contributed by atoms with van der Waals surface area (Å²) in [5.74, 6) is -0.375. The third kappa shape index (κ3) is 6.02. The minimum Gasteiger partial charge on any atom is -0.313 e. The van der Waals surface area contributed by atoms with Crippen molar-refractivity contribution in [1.82, 2.24) is 5.32 Å². The molecule has 1 rings (SSSR count). The lowest BCUT2D eigenvalue weighted by Crippen LogP contribution is -2.17. The minimum atomic E-state index is -4.11. The normalized spacial score (nSPS) is 11.8. The molecule has 17 heavy (non-hydrogen) atoms. The molecule has 0 saturated heterocycles. The van der Waals surface area contributed by atoms with E-state index in [4.69, 9.17) is 0 Å². The number of rotatable bonds is 5. The Kier molecular flexibility index (Phi) is 5.39. The van der Waals surface area contributed by atoms with Crippen molar-refractivity contribution in [2.24, 2.45) is 0 Å². The van der Waals surface area contributed by atoms with E-state index in [-0.39, 0.29) is 18.8 Å². The van der Waals surface area contributed by atoms with Gasteiger partial charge in [0.25, 0.3) is 0 Å². The van der Waals surface area contributed by atoms with Crippen LogP contribution in [0.15, 0.2) is 22.7 Å². The molecule has 1 N–H and O–H groups in total. The predicted octanol–water partition coefficient (Wildman–Crippen LogP) is 4.02. The van der Waals surface area contributed by atoms with E-state index in [9.17, 15) is 17.6 Å². The van der Waals surface area contributed by atoms with Crippen molar-refractivity contribution in [3.63, 3.8) is 0 Å². The summed E-state index contributed by atoms with van der Waals surface area (Å²) in [6.07, 6.45) is -4.87. The molecule has 1 nitrogen and oxygen atoms in total. The molecule has 0 fully saturated rings. The average Bonchev–Trinajstić information content (AvgIpc) is 2.21. The Morgan fingerprint density at radius 2 is 1.94 bits per heavy atom. The summed E-state index contributed by atoms with van der Waals surface area (Å²) in [5, 5.41) is 2.84. The summed E-state index contributed by atoms with van der Waals surface area (Å²) in [4.78, 5) is 0. The van der Waals surface area contributed by atoms with Gasteiger partial charge < -0.3 is 5.32 Å². The molecule has 0 bridgehead atoms. The quantitative estimate of drug-likeness (QED) is 0.639. The summed E-state index contributed by atoms with van der Waals surface area (Å²) in [5.41, 5.74) is 0.706. The number of hydrogen-bond donors (Lipinski definition) is 1. The summed E-state index contributed by atoms with van der Waals surface area (Å²) in [6.45, 7) is 0.624. The summed E-state index contributed by atoms with van der Waals surface area (Å²) in [6, 6.07) is 4.63. The number of nitrogens with one attached hydrogen (secondary N) is 1. The molecule has 0 amide bonds. The zero-order valence-electron chi connectivity index (χ0n) is 8.95. The van der Waals surface area contributed by atoms with E-state index < -0.39 is 12.6 Å². The van der Waals surface area contributed by atoms with Crippen molar-refractivity contribution >= 4 is 15.9 Å². The van der Waals surface area contributed by atoms with Gasteiger partial charge in [-0.1, -0.05) is 6.07 Å². The van der Waals surface area contributed by atoms with Crippen LogP contribution >= 0.6 is 15.9 Å². The van der Waals surface area contributed by atoms with E-state index >= 15 is 0 Å². The van der Waals surface area contributed by atoms with Gasteiger partial charge in [0.15, 0.2) is 0 Å². The Labute approximate surface area is 105 Å². The van der Waals surface area contributed by atoms with Gasteiger partial charge in [0.1, 0.15) is 5.82 Å². The van der Waals surface area contributed by atoms with Crippen LogP contribution in [-0.4, -0.2) is 12.7 Å². The fraction of sp³-hybridized carbons (Fsp3) is 0.455. The molecule has 1 aromatic carbocycles. The fourth-order valence-corrected chi connectivity index (χ4v) is 1.54. The van der Waals surface area contributed by atoms with Crippen molar-refractivity contribution in [3.05, 3.63) is 34.1 Å². The van der Waals surface area contributed by atoms with Crippen LogP contribution in [-0.2, 0) is 6.54 Å². The van der Waals surface area contributed by atoms with Gasteiger partial charge in [0.05, 0.1) is 4.47 Å². The van der Waals surface area contributed by atoms with Crippen molar-refractivity contribution in [1.29, 1.82) is 0 Å². The number of hydrogen-bond acceptors (Lipinski definition) is 1. The van der Waals surface area contributed by atoms with Gasteiger partial charge in [-0.05, 0) is 46.6 Å². The highest BCUT2D eigenvalue weighted by Crippen LogP contribution is 2.20. The molecular weight excluding hydrogens is 302 g/mol. The van der Waals surface area contributed by atoms with E-state index in [0.29, 0.717) is 16.6 Å². The molecule has 0 saturated carbocycles. The van der Waals surface area contributed by atoms with Gasteiger partial charge >= 0.3 is 6.18 Å². The van der Waals surface area contributed by atoms with Crippen LogP contribution in [0.4, 0.5) is 17.6 Å². The molecule has 0 aliphatic carbocycles. The molecule has 0 aliphatic heterocycles. The SMILES string of the molecule is Fc1cc(CNCCCC(F)(F)F)ccc1Br. The maximum atomic E-state index is 13.1. The largest absolute Gasteiger partial charge is 0.389 e. The van der Waals surface area contributed by atoms with Gasteiger partial charge in [-0.25, -0.2) is 4.39 Å². The number of alkyl halides is 3. The number of halogens is 5. The Morgan fingerprint density at radius 1 is 1.24 bits per heavy atom. The highest BCUT2D eigenvalue weighted by Gasteiger charge is 2.25. The smallest absolute Gasteiger partial charge is 0.313 e. The predicted molar refractivity (Wildman–Crippen MR) is 61.1 cm³/mol. The summed E-state index contributed by atoms with van der Waals surface area (Å²) in [7, 11) is 0.